The number of aromatic nitrogens is 2. The topological polar surface area (TPSA) is 39.5 Å². The first-order chi connectivity index (χ1) is 12.7. The van der Waals surface area contributed by atoms with Crippen molar-refractivity contribution in [2.24, 2.45) is 7.05 Å². The number of rotatable bonds is 6. The Hall–Kier alpha value is -2.08. The summed E-state index contributed by atoms with van der Waals surface area (Å²) in [6.07, 6.45) is 2.63. The molecule has 5 nitrogen and oxygen atoms in total. The highest BCUT2D eigenvalue weighted by Crippen LogP contribution is 2.25. The van der Waals surface area contributed by atoms with Crippen LogP contribution in [0.25, 0.3) is 10.9 Å². The fourth-order valence-corrected chi connectivity index (χ4v) is 3.42. The quantitative estimate of drug-likeness (QED) is 0.656. The molecule has 4 rings (SSSR count). The van der Waals surface area contributed by atoms with Gasteiger partial charge in [0.15, 0.2) is 6.29 Å². The number of anilines is 1. The van der Waals surface area contributed by atoms with Crippen LogP contribution >= 0.6 is 11.6 Å². The van der Waals surface area contributed by atoms with Crippen LogP contribution in [0.1, 0.15) is 12.0 Å². The molecule has 3 aromatic rings. The largest absolute Gasteiger partial charge is 0.367 e. The van der Waals surface area contributed by atoms with Gasteiger partial charge in [-0.15, -0.1) is 0 Å². The number of benzene rings is 2. The lowest BCUT2D eigenvalue weighted by atomic mass is 10.1. The predicted octanol–water partition coefficient (Wildman–Crippen LogP) is 4.00. The average Bonchev–Trinajstić information content (AvgIpc) is 3.30. The molecule has 0 atom stereocenters. The summed E-state index contributed by atoms with van der Waals surface area (Å²) >= 11 is 6.02. The number of hydrogen-bond donors (Lipinski definition) is 0. The molecule has 2 heterocycles. The van der Waals surface area contributed by atoms with Crippen molar-refractivity contribution in [3.63, 3.8) is 0 Å². The van der Waals surface area contributed by atoms with Crippen molar-refractivity contribution in [1.82, 2.24) is 9.78 Å². The number of aryl methyl sites for hydroxylation is 1. The monoisotopic (exact) mass is 371 g/mol. The van der Waals surface area contributed by atoms with Gasteiger partial charge in [-0.05, 0) is 35.9 Å². The third-order valence-corrected chi connectivity index (χ3v) is 4.96. The fraction of sp³-hybridized carbons (Fsp3) is 0.350. The number of fused-ring (bicyclic) bond motifs is 1. The van der Waals surface area contributed by atoms with Gasteiger partial charge in [-0.1, -0.05) is 23.7 Å². The normalized spacial score (nSPS) is 15.0. The van der Waals surface area contributed by atoms with Crippen molar-refractivity contribution >= 4 is 28.2 Å². The van der Waals surface area contributed by atoms with E-state index in [0.717, 1.165) is 35.4 Å². The summed E-state index contributed by atoms with van der Waals surface area (Å²) < 4.78 is 13.1. The summed E-state index contributed by atoms with van der Waals surface area (Å²) in [6.45, 7) is 3.02. The molecule has 0 saturated carbocycles. The van der Waals surface area contributed by atoms with Gasteiger partial charge in [-0.3, -0.25) is 4.68 Å². The van der Waals surface area contributed by atoms with Crippen molar-refractivity contribution in [2.45, 2.75) is 19.3 Å². The lowest BCUT2D eigenvalue weighted by molar-refractivity contribution is -0.0449. The zero-order valence-corrected chi connectivity index (χ0v) is 15.5. The smallest absolute Gasteiger partial charge is 0.159 e. The molecule has 2 aromatic carbocycles. The van der Waals surface area contributed by atoms with Gasteiger partial charge in [0.25, 0.3) is 0 Å². The van der Waals surface area contributed by atoms with Gasteiger partial charge in [0, 0.05) is 42.7 Å². The minimum atomic E-state index is -0.107. The van der Waals surface area contributed by atoms with Gasteiger partial charge < -0.3 is 14.4 Å². The van der Waals surface area contributed by atoms with Crippen molar-refractivity contribution < 1.29 is 9.47 Å². The van der Waals surface area contributed by atoms with Gasteiger partial charge >= 0.3 is 0 Å². The van der Waals surface area contributed by atoms with Gasteiger partial charge in [-0.25, -0.2) is 0 Å². The van der Waals surface area contributed by atoms with Crippen molar-refractivity contribution in [3.8, 4) is 0 Å². The molecule has 26 heavy (non-hydrogen) atoms. The van der Waals surface area contributed by atoms with E-state index in [1.54, 1.807) is 0 Å². The summed E-state index contributed by atoms with van der Waals surface area (Å²) in [5, 5.41) is 6.24. The Kier molecular flexibility index (Phi) is 5.11. The number of halogens is 1. The first-order valence-corrected chi connectivity index (χ1v) is 9.21. The first kappa shape index (κ1) is 17.3. The van der Waals surface area contributed by atoms with Crippen LogP contribution in [0, 0.1) is 0 Å². The maximum absolute atomic E-state index is 6.02. The van der Waals surface area contributed by atoms with E-state index in [0.29, 0.717) is 13.2 Å². The highest BCUT2D eigenvalue weighted by atomic mass is 35.5. The van der Waals surface area contributed by atoms with Gasteiger partial charge in [0.1, 0.15) is 0 Å². The van der Waals surface area contributed by atoms with E-state index in [9.17, 15) is 0 Å². The van der Waals surface area contributed by atoms with Crippen molar-refractivity contribution in [1.29, 1.82) is 0 Å². The predicted molar refractivity (Wildman–Crippen MR) is 104 cm³/mol. The van der Waals surface area contributed by atoms with Gasteiger partial charge in [0.2, 0.25) is 0 Å². The Morgan fingerprint density at radius 2 is 1.92 bits per heavy atom. The fourth-order valence-electron chi connectivity index (χ4n) is 3.29. The second-order valence-corrected chi connectivity index (χ2v) is 6.96. The minimum absolute atomic E-state index is 0.107. The Morgan fingerprint density at radius 3 is 2.69 bits per heavy atom. The summed E-state index contributed by atoms with van der Waals surface area (Å²) in [6, 6.07) is 14.5. The van der Waals surface area contributed by atoms with Gasteiger partial charge in [-0.2, -0.15) is 5.10 Å². The van der Waals surface area contributed by atoms with Crippen LogP contribution in [0.5, 0.6) is 0 Å². The summed E-state index contributed by atoms with van der Waals surface area (Å²) in [5.74, 6) is 0. The Labute approximate surface area is 158 Å². The van der Waals surface area contributed by atoms with Gasteiger partial charge in [0.05, 0.1) is 24.9 Å². The Morgan fingerprint density at radius 1 is 1.15 bits per heavy atom. The SMILES string of the molecule is Cn1ncc2cc(N(CCC3OCCO3)Cc3ccc(Cl)cc3)ccc21. The molecule has 0 bridgehead atoms. The third kappa shape index (κ3) is 3.85. The summed E-state index contributed by atoms with van der Waals surface area (Å²) in [4.78, 5) is 2.35. The van der Waals surface area contributed by atoms with Crippen LogP contribution in [0.3, 0.4) is 0 Å². The second kappa shape index (κ2) is 7.66. The van der Waals surface area contributed by atoms with E-state index < -0.39 is 0 Å². The molecular formula is C20H22ClN3O2. The van der Waals surface area contributed by atoms with Crippen LogP contribution < -0.4 is 4.90 Å². The number of ether oxygens (including phenoxy) is 2. The zero-order valence-electron chi connectivity index (χ0n) is 14.8. The van der Waals surface area contributed by atoms with Crippen LogP contribution in [-0.4, -0.2) is 35.8 Å². The van der Waals surface area contributed by atoms with Crippen molar-refractivity contribution in [2.75, 3.05) is 24.7 Å². The standard InChI is InChI=1S/C20H22ClN3O2/c1-23-19-7-6-18(12-16(19)13-22-23)24(9-8-20-25-10-11-26-20)14-15-2-4-17(21)5-3-15/h2-7,12-13,20H,8-11,14H2,1H3. The average molecular weight is 372 g/mol. The van der Waals surface area contributed by atoms with Crippen LogP contribution in [-0.2, 0) is 23.1 Å². The Balaban J connectivity index is 1.57. The molecule has 0 spiro atoms. The maximum Gasteiger partial charge on any atom is 0.159 e. The van der Waals surface area contributed by atoms with Crippen LogP contribution in [0.2, 0.25) is 5.02 Å². The number of hydrogen-bond acceptors (Lipinski definition) is 4. The molecule has 1 aliphatic heterocycles. The molecule has 136 valence electrons. The molecule has 1 saturated heterocycles. The lowest BCUT2D eigenvalue weighted by Gasteiger charge is -2.26. The number of nitrogens with zero attached hydrogens (tertiary/aromatic N) is 3. The second-order valence-electron chi connectivity index (χ2n) is 6.52. The third-order valence-electron chi connectivity index (χ3n) is 4.71. The molecule has 0 radical (unpaired) electrons. The van der Waals surface area contributed by atoms with E-state index in [4.69, 9.17) is 21.1 Å². The van der Waals surface area contributed by atoms with E-state index in [-0.39, 0.29) is 6.29 Å². The molecular weight excluding hydrogens is 350 g/mol. The highest BCUT2D eigenvalue weighted by Gasteiger charge is 2.18. The zero-order chi connectivity index (χ0) is 17.9. The van der Waals surface area contributed by atoms with E-state index in [2.05, 4.69) is 40.3 Å². The molecule has 0 unspecified atom stereocenters. The summed E-state index contributed by atoms with van der Waals surface area (Å²) in [7, 11) is 1.96. The lowest BCUT2D eigenvalue weighted by Crippen LogP contribution is -2.27. The molecule has 6 heteroatoms. The molecule has 1 aromatic heterocycles. The molecule has 1 aliphatic rings. The van der Waals surface area contributed by atoms with E-state index >= 15 is 0 Å². The molecule has 0 aliphatic carbocycles. The van der Waals surface area contributed by atoms with Crippen LogP contribution in [0.4, 0.5) is 5.69 Å². The highest BCUT2D eigenvalue weighted by molar-refractivity contribution is 6.30. The summed E-state index contributed by atoms with van der Waals surface area (Å²) in [5.41, 5.74) is 3.51. The maximum atomic E-state index is 6.02. The molecule has 0 N–H and O–H groups in total. The Bertz CT molecular complexity index is 872. The molecule has 0 amide bonds. The first-order valence-electron chi connectivity index (χ1n) is 8.83. The van der Waals surface area contributed by atoms with Crippen LogP contribution in [0.15, 0.2) is 48.7 Å². The van der Waals surface area contributed by atoms with Crippen molar-refractivity contribution in [3.05, 3.63) is 59.2 Å². The van der Waals surface area contributed by atoms with E-state index in [1.165, 1.54) is 11.3 Å². The molecule has 1 fully saturated rings. The van der Waals surface area contributed by atoms with E-state index in [1.807, 2.05) is 30.1 Å². The minimum Gasteiger partial charge on any atom is -0.367 e.